The number of aliphatic carboxylic acids is 1. The predicted octanol–water partition coefficient (Wildman–Crippen LogP) is 2.15. The smallest absolute Gasteiger partial charge is 0.348 e. The maximum atomic E-state index is 11.8. The van der Waals surface area contributed by atoms with E-state index in [-0.39, 0.29) is 11.1 Å². The van der Waals surface area contributed by atoms with Gasteiger partial charge in [0.25, 0.3) is 0 Å². The molecule has 0 bridgehead atoms. The Balaban J connectivity index is 1.96. The van der Waals surface area contributed by atoms with Crippen molar-refractivity contribution in [3.05, 3.63) is 71.8 Å². The second-order valence-electron chi connectivity index (χ2n) is 4.56. The van der Waals surface area contributed by atoms with Crippen molar-refractivity contribution < 1.29 is 29.0 Å². The topological polar surface area (TPSA) is 89.9 Å². The molecule has 0 aromatic heterocycles. The number of carbonyl (C=O) groups is 3. The first-order chi connectivity index (χ1) is 11.1. The van der Waals surface area contributed by atoms with Gasteiger partial charge in [-0.05, 0) is 24.3 Å². The first-order valence-corrected chi connectivity index (χ1v) is 6.79. The number of ether oxygens (including phenoxy) is 2. The van der Waals surface area contributed by atoms with Gasteiger partial charge in [-0.3, -0.25) is 0 Å². The SMILES string of the molecule is O=C(OCC(OC(=O)c1ccccc1)C(=O)O)c1ccccc1. The highest BCUT2D eigenvalue weighted by atomic mass is 16.6. The monoisotopic (exact) mass is 314 g/mol. The molecule has 1 N–H and O–H groups in total. The molecule has 6 nitrogen and oxygen atoms in total. The first kappa shape index (κ1) is 16.2. The number of rotatable bonds is 6. The van der Waals surface area contributed by atoms with E-state index in [1.54, 1.807) is 36.4 Å². The molecular formula is C17H14O6. The highest BCUT2D eigenvalue weighted by Gasteiger charge is 2.25. The summed E-state index contributed by atoms with van der Waals surface area (Å²) in [5, 5.41) is 9.08. The van der Waals surface area contributed by atoms with Crippen molar-refractivity contribution >= 4 is 17.9 Å². The number of carboxylic acid groups (broad SMARTS) is 1. The average Bonchev–Trinajstić information content (AvgIpc) is 2.59. The molecule has 23 heavy (non-hydrogen) atoms. The summed E-state index contributed by atoms with van der Waals surface area (Å²) in [6.07, 6.45) is -1.57. The van der Waals surface area contributed by atoms with Crippen LogP contribution in [0.25, 0.3) is 0 Å². The molecule has 118 valence electrons. The lowest BCUT2D eigenvalue weighted by Gasteiger charge is -2.14. The minimum absolute atomic E-state index is 0.216. The third-order valence-corrected chi connectivity index (χ3v) is 2.91. The molecule has 2 aromatic rings. The van der Waals surface area contributed by atoms with Crippen molar-refractivity contribution in [2.45, 2.75) is 6.10 Å². The van der Waals surface area contributed by atoms with E-state index in [2.05, 4.69) is 0 Å². The van der Waals surface area contributed by atoms with Crippen molar-refractivity contribution in [3.63, 3.8) is 0 Å². The number of hydrogen-bond acceptors (Lipinski definition) is 5. The molecule has 1 unspecified atom stereocenters. The molecular weight excluding hydrogens is 300 g/mol. The highest BCUT2D eigenvalue weighted by molar-refractivity contribution is 5.92. The van der Waals surface area contributed by atoms with Crippen LogP contribution >= 0.6 is 0 Å². The summed E-state index contributed by atoms with van der Waals surface area (Å²) in [5.41, 5.74) is 0.499. The molecule has 0 aliphatic rings. The summed E-state index contributed by atoms with van der Waals surface area (Å²) >= 11 is 0. The largest absolute Gasteiger partial charge is 0.478 e. The van der Waals surface area contributed by atoms with Crippen LogP contribution in [0.1, 0.15) is 20.7 Å². The lowest BCUT2D eigenvalue weighted by Crippen LogP contribution is -2.32. The Kier molecular flexibility index (Phi) is 5.46. The number of carboxylic acids is 1. The van der Waals surface area contributed by atoms with Crippen molar-refractivity contribution in [1.29, 1.82) is 0 Å². The van der Waals surface area contributed by atoms with E-state index in [1.807, 2.05) is 0 Å². The van der Waals surface area contributed by atoms with Crippen molar-refractivity contribution in [2.24, 2.45) is 0 Å². The summed E-state index contributed by atoms with van der Waals surface area (Å²) in [6.45, 7) is -0.568. The van der Waals surface area contributed by atoms with Crippen LogP contribution in [-0.4, -0.2) is 35.7 Å². The van der Waals surface area contributed by atoms with Crippen molar-refractivity contribution in [3.8, 4) is 0 Å². The molecule has 0 radical (unpaired) electrons. The van der Waals surface area contributed by atoms with Gasteiger partial charge in [-0.15, -0.1) is 0 Å². The van der Waals surface area contributed by atoms with Crippen LogP contribution < -0.4 is 0 Å². The molecule has 0 amide bonds. The Hall–Kier alpha value is -3.15. The first-order valence-electron chi connectivity index (χ1n) is 6.79. The van der Waals surface area contributed by atoms with Gasteiger partial charge in [-0.1, -0.05) is 36.4 Å². The van der Waals surface area contributed by atoms with Crippen LogP contribution in [0.5, 0.6) is 0 Å². The molecule has 0 aliphatic carbocycles. The van der Waals surface area contributed by atoms with E-state index < -0.39 is 30.6 Å². The van der Waals surface area contributed by atoms with Crippen molar-refractivity contribution in [1.82, 2.24) is 0 Å². The summed E-state index contributed by atoms with van der Waals surface area (Å²) in [7, 11) is 0. The summed E-state index contributed by atoms with van der Waals surface area (Å²) in [5.74, 6) is -2.88. The molecule has 0 spiro atoms. The number of benzene rings is 2. The van der Waals surface area contributed by atoms with Crippen LogP contribution in [0.2, 0.25) is 0 Å². The molecule has 0 saturated carbocycles. The maximum Gasteiger partial charge on any atom is 0.348 e. The zero-order valence-corrected chi connectivity index (χ0v) is 12.0. The predicted molar refractivity (Wildman–Crippen MR) is 80.0 cm³/mol. The quantitative estimate of drug-likeness (QED) is 0.822. The maximum absolute atomic E-state index is 11.8. The zero-order valence-electron chi connectivity index (χ0n) is 12.0. The van der Waals surface area contributed by atoms with Crippen LogP contribution in [0.3, 0.4) is 0 Å². The van der Waals surface area contributed by atoms with Gasteiger partial charge in [0.1, 0.15) is 6.61 Å². The third-order valence-electron chi connectivity index (χ3n) is 2.91. The van der Waals surface area contributed by atoms with E-state index in [1.165, 1.54) is 24.3 Å². The minimum atomic E-state index is -1.57. The van der Waals surface area contributed by atoms with E-state index in [0.29, 0.717) is 0 Å². The standard InChI is InChI=1S/C17H14O6/c18-15(19)14(23-17(21)13-9-5-2-6-10-13)11-22-16(20)12-7-3-1-4-8-12/h1-10,14H,11H2,(H,18,19). The highest BCUT2D eigenvalue weighted by Crippen LogP contribution is 2.07. The van der Waals surface area contributed by atoms with E-state index in [4.69, 9.17) is 14.6 Å². The molecule has 2 rings (SSSR count). The van der Waals surface area contributed by atoms with Gasteiger partial charge in [-0.2, -0.15) is 0 Å². The van der Waals surface area contributed by atoms with E-state index in [0.717, 1.165) is 0 Å². The third kappa shape index (κ3) is 4.67. The van der Waals surface area contributed by atoms with Gasteiger partial charge >= 0.3 is 17.9 Å². The lowest BCUT2D eigenvalue weighted by molar-refractivity contribution is -0.149. The van der Waals surface area contributed by atoms with Gasteiger partial charge < -0.3 is 14.6 Å². The molecule has 0 aliphatic heterocycles. The van der Waals surface area contributed by atoms with Gasteiger partial charge in [-0.25, -0.2) is 14.4 Å². The lowest BCUT2D eigenvalue weighted by atomic mass is 10.2. The minimum Gasteiger partial charge on any atom is -0.478 e. The van der Waals surface area contributed by atoms with Crippen molar-refractivity contribution in [2.75, 3.05) is 6.61 Å². The number of hydrogen-bond donors (Lipinski definition) is 1. The second kappa shape index (κ2) is 7.74. The number of carbonyl (C=O) groups excluding carboxylic acids is 2. The van der Waals surface area contributed by atoms with Gasteiger partial charge in [0, 0.05) is 0 Å². The van der Waals surface area contributed by atoms with Crippen LogP contribution in [0.15, 0.2) is 60.7 Å². The van der Waals surface area contributed by atoms with Gasteiger partial charge in [0.2, 0.25) is 6.10 Å². The Morgan fingerprint density at radius 1 is 0.826 bits per heavy atom. The Bertz CT molecular complexity index is 681. The molecule has 0 heterocycles. The van der Waals surface area contributed by atoms with Crippen LogP contribution in [0, 0.1) is 0 Å². The fourth-order valence-electron chi connectivity index (χ4n) is 1.74. The molecule has 0 fully saturated rings. The molecule has 0 saturated heterocycles. The molecule has 2 aromatic carbocycles. The van der Waals surface area contributed by atoms with Crippen LogP contribution in [-0.2, 0) is 14.3 Å². The van der Waals surface area contributed by atoms with Gasteiger partial charge in [0.15, 0.2) is 0 Å². The molecule has 6 heteroatoms. The molecule has 1 atom stereocenters. The Labute approximate surface area is 132 Å². The van der Waals surface area contributed by atoms with E-state index in [9.17, 15) is 14.4 Å². The average molecular weight is 314 g/mol. The summed E-state index contributed by atoms with van der Waals surface area (Å²) < 4.78 is 9.76. The normalized spacial score (nSPS) is 11.3. The number of esters is 2. The Morgan fingerprint density at radius 2 is 1.30 bits per heavy atom. The van der Waals surface area contributed by atoms with E-state index >= 15 is 0 Å². The van der Waals surface area contributed by atoms with Gasteiger partial charge in [0.05, 0.1) is 11.1 Å². The fourth-order valence-corrected chi connectivity index (χ4v) is 1.74. The fraction of sp³-hybridized carbons (Fsp3) is 0.118. The van der Waals surface area contributed by atoms with Crippen LogP contribution in [0.4, 0.5) is 0 Å². The summed E-state index contributed by atoms with van der Waals surface area (Å²) in [6, 6.07) is 16.1. The Morgan fingerprint density at radius 3 is 1.78 bits per heavy atom. The zero-order chi connectivity index (χ0) is 16.7. The second-order valence-corrected chi connectivity index (χ2v) is 4.56. The summed E-state index contributed by atoms with van der Waals surface area (Å²) in [4.78, 5) is 34.8.